The second-order valence-electron chi connectivity index (χ2n) is 4.85. The topological polar surface area (TPSA) is 23.5 Å². The Balaban J connectivity index is 2.16. The van der Waals surface area contributed by atoms with Crippen LogP contribution >= 0.6 is 0 Å². The molecule has 2 nitrogen and oxygen atoms in total. The number of benzene rings is 1. The molecule has 0 fully saturated rings. The van der Waals surface area contributed by atoms with Crippen LogP contribution in [0.3, 0.4) is 0 Å². The van der Waals surface area contributed by atoms with Crippen molar-refractivity contribution in [2.24, 2.45) is 0 Å². The zero-order valence-electron chi connectivity index (χ0n) is 10.2. The number of rotatable bonds is 3. The van der Waals surface area contributed by atoms with Crippen molar-refractivity contribution in [3.63, 3.8) is 0 Å². The number of aliphatic hydroxyl groups excluding tert-OH is 1. The number of para-hydroxylation sites is 1. The number of fused-ring (bicyclic) bond motifs is 1. The van der Waals surface area contributed by atoms with Crippen molar-refractivity contribution in [1.29, 1.82) is 0 Å². The van der Waals surface area contributed by atoms with E-state index in [1.54, 1.807) is 0 Å². The maximum Gasteiger partial charge on any atom is 0.0528 e. The van der Waals surface area contributed by atoms with Crippen LogP contribution in [0.1, 0.15) is 32.3 Å². The fourth-order valence-corrected chi connectivity index (χ4v) is 2.43. The lowest BCUT2D eigenvalue weighted by atomic mass is 9.96. The molecular weight excluding hydrogens is 198 g/mol. The Hall–Kier alpha value is -1.02. The van der Waals surface area contributed by atoms with Crippen molar-refractivity contribution in [2.45, 2.75) is 45.3 Å². The number of hydrogen-bond acceptors (Lipinski definition) is 2. The van der Waals surface area contributed by atoms with Gasteiger partial charge in [-0.1, -0.05) is 18.2 Å². The summed E-state index contributed by atoms with van der Waals surface area (Å²) in [5.41, 5.74) is 2.81. The zero-order chi connectivity index (χ0) is 11.5. The van der Waals surface area contributed by atoms with Crippen LogP contribution in [0.4, 0.5) is 5.69 Å². The maximum atomic E-state index is 9.39. The van der Waals surface area contributed by atoms with Crippen molar-refractivity contribution >= 4 is 5.69 Å². The highest BCUT2D eigenvalue weighted by molar-refractivity contribution is 5.56. The average Bonchev–Trinajstić information content (AvgIpc) is 2.27. The summed E-state index contributed by atoms with van der Waals surface area (Å²) in [5.74, 6) is 0. The maximum absolute atomic E-state index is 9.39. The Morgan fingerprint density at radius 3 is 2.94 bits per heavy atom. The second kappa shape index (κ2) is 4.88. The lowest BCUT2D eigenvalue weighted by molar-refractivity contribution is 0.185. The molecule has 1 N–H and O–H groups in total. The third-order valence-electron chi connectivity index (χ3n) is 3.45. The van der Waals surface area contributed by atoms with E-state index >= 15 is 0 Å². The Labute approximate surface area is 97.9 Å². The zero-order valence-corrected chi connectivity index (χ0v) is 10.2. The molecule has 0 bridgehead atoms. The highest BCUT2D eigenvalue weighted by Gasteiger charge is 2.22. The molecule has 2 atom stereocenters. The van der Waals surface area contributed by atoms with E-state index in [1.165, 1.54) is 24.1 Å². The smallest absolute Gasteiger partial charge is 0.0528 e. The second-order valence-corrected chi connectivity index (χ2v) is 4.85. The van der Waals surface area contributed by atoms with E-state index in [4.69, 9.17) is 0 Å². The first kappa shape index (κ1) is 11.5. The monoisotopic (exact) mass is 219 g/mol. The van der Waals surface area contributed by atoms with Gasteiger partial charge < -0.3 is 10.0 Å². The van der Waals surface area contributed by atoms with Crippen molar-refractivity contribution in [1.82, 2.24) is 0 Å². The van der Waals surface area contributed by atoms with Gasteiger partial charge in [0.2, 0.25) is 0 Å². The summed E-state index contributed by atoms with van der Waals surface area (Å²) in [6, 6.07) is 9.23. The molecule has 2 heteroatoms. The molecule has 1 heterocycles. The number of nitrogens with zero attached hydrogens (tertiary/aromatic N) is 1. The van der Waals surface area contributed by atoms with Crippen molar-refractivity contribution in [2.75, 3.05) is 11.4 Å². The lowest BCUT2D eigenvalue weighted by Gasteiger charge is -2.37. The lowest BCUT2D eigenvalue weighted by Crippen LogP contribution is -2.38. The van der Waals surface area contributed by atoms with Crippen molar-refractivity contribution in [3.8, 4) is 0 Å². The summed E-state index contributed by atoms with van der Waals surface area (Å²) < 4.78 is 0. The van der Waals surface area contributed by atoms with E-state index in [9.17, 15) is 5.11 Å². The van der Waals surface area contributed by atoms with E-state index in [2.05, 4.69) is 36.1 Å². The highest BCUT2D eigenvalue weighted by atomic mass is 16.3. The minimum Gasteiger partial charge on any atom is -0.393 e. The van der Waals surface area contributed by atoms with Crippen LogP contribution in [-0.2, 0) is 6.42 Å². The number of aryl methyl sites for hydroxylation is 1. The molecule has 0 aromatic heterocycles. The minimum absolute atomic E-state index is 0.207. The van der Waals surface area contributed by atoms with Gasteiger partial charge in [-0.3, -0.25) is 0 Å². The van der Waals surface area contributed by atoms with Gasteiger partial charge in [0.25, 0.3) is 0 Å². The van der Waals surface area contributed by atoms with Gasteiger partial charge in [0.15, 0.2) is 0 Å². The van der Waals surface area contributed by atoms with Gasteiger partial charge in [-0.05, 0) is 44.7 Å². The first-order valence-electron chi connectivity index (χ1n) is 6.21. The number of aliphatic hydroxyl groups is 1. The van der Waals surface area contributed by atoms with Crippen LogP contribution in [0.5, 0.6) is 0 Å². The van der Waals surface area contributed by atoms with E-state index < -0.39 is 0 Å². The summed E-state index contributed by atoms with van der Waals surface area (Å²) >= 11 is 0. The third-order valence-corrected chi connectivity index (χ3v) is 3.45. The first-order chi connectivity index (χ1) is 7.68. The van der Waals surface area contributed by atoms with Gasteiger partial charge >= 0.3 is 0 Å². The first-order valence-corrected chi connectivity index (χ1v) is 6.21. The van der Waals surface area contributed by atoms with Crippen LogP contribution in [0.15, 0.2) is 24.3 Å². The molecule has 1 aromatic rings. The molecule has 0 radical (unpaired) electrons. The van der Waals surface area contributed by atoms with Gasteiger partial charge in [0, 0.05) is 18.3 Å². The molecule has 1 aliphatic rings. The predicted octanol–water partition coefficient (Wildman–Crippen LogP) is 2.60. The van der Waals surface area contributed by atoms with E-state index in [0.29, 0.717) is 6.04 Å². The van der Waals surface area contributed by atoms with Crippen molar-refractivity contribution < 1.29 is 5.11 Å². The molecule has 2 unspecified atom stereocenters. The molecular formula is C14H21NO. The normalized spacial score (nSPS) is 21.7. The Bertz CT molecular complexity index is 348. The van der Waals surface area contributed by atoms with Crippen LogP contribution in [-0.4, -0.2) is 23.8 Å². The number of anilines is 1. The molecule has 0 spiro atoms. The molecule has 0 amide bonds. The Morgan fingerprint density at radius 1 is 1.44 bits per heavy atom. The Morgan fingerprint density at radius 2 is 2.19 bits per heavy atom. The Kier molecular flexibility index (Phi) is 3.49. The van der Waals surface area contributed by atoms with Crippen LogP contribution in [0.2, 0.25) is 0 Å². The largest absolute Gasteiger partial charge is 0.393 e. The molecule has 0 aliphatic carbocycles. The molecule has 16 heavy (non-hydrogen) atoms. The van der Waals surface area contributed by atoms with Gasteiger partial charge in [-0.25, -0.2) is 0 Å². The summed E-state index contributed by atoms with van der Waals surface area (Å²) in [7, 11) is 0. The summed E-state index contributed by atoms with van der Waals surface area (Å²) in [6.07, 6.45) is 3.04. The van der Waals surface area contributed by atoms with Crippen LogP contribution in [0, 0.1) is 0 Å². The predicted molar refractivity (Wildman–Crippen MR) is 67.9 cm³/mol. The van der Waals surface area contributed by atoms with Crippen LogP contribution < -0.4 is 4.90 Å². The van der Waals surface area contributed by atoms with Gasteiger partial charge in [-0.2, -0.15) is 0 Å². The minimum atomic E-state index is -0.207. The highest BCUT2D eigenvalue weighted by Crippen LogP contribution is 2.30. The molecule has 1 aliphatic heterocycles. The van der Waals surface area contributed by atoms with Gasteiger partial charge in [0.05, 0.1) is 6.10 Å². The fourth-order valence-electron chi connectivity index (χ4n) is 2.43. The fraction of sp³-hybridized carbons (Fsp3) is 0.571. The summed E-state index contributed by atoms with van der Waals surface area (Å²) in [5, 5.41) is 9.39. The van der Waals surface area contributed by atoms with Gasteiger partial charge in [-0.15, -0.1) is 0 Å². The van der Waals surface area contributed by atoms with E-state index in [0.717, 1.165) is 13.0 Å². The SMILES string of the molecule is CC(O)CCN1c2ccccc2CCC1C. The molecule has 0 saturated carbocycles. The summed E-state index contributed by atoms with van der Waals surface area (Å²) in [6.45, 7) is 5.09. The molecule has 2 rings (SSSR count). The number of hydrogen-bond donors (Lipinski definition) is 1. The quantitative estimate of drug-likeness (QED) is 0.844. The van der Waals surface area contributed by atoms with Crippen molar-refractivity contribution in [3.05, 3.63) is 29.8 Å². The third kappa shape index (κ3) is 2.38. The molecule has 0 saturated heterocycles. The molecule has 88 valence electrons. The molecule has 1 aromatic carbocycles. The standard InChI is InChI=1S/C14H21NO/c1-11-7-8-13-5-3-4-6-14(13)15(11)10-9-12(2)16/h3-6,11-12,16H,7-10H2,1-2H3. The van der Waals surface area contributed by atoms with Gasteiger partial charge in [0.1, 0.15) is 0 Å². The van der Waals surface area contributed by atoms with Crippen LogP contribution in [0.25, 0.3) is 0 Å². The van der Waals surface area contributed by atoms with E-state index in [1.807, 2.05) is 6.92 Å². The van der Waals surface area contributed by atoms with E-state index in [-0.39, 0.29) is 6.10 Å². The average molecular weight is 219 g/mol. The summed E-state index contributed by atoms with van der Waals surface area (Å²) in [4.78, 5) is 2.44.